The first kappa shape index (κ1) is 26.3. The van der Waals surface area contributed by atoms with E-state index in [1.165, 1.54) is 0 Å². The summed E-state index contributed by atoms with van der Waals surface area (Å²) in [6.07, 6.45) is 3.23. The topological polar surface area (TPSA) is 79.3 Å². The largest absolute Gasteiger partial charge is 0.507 e. The second-order valence-corrected chi connectivity index (χ2v) is 9.10. The second-order valence-electron chi connectivity index (χ2n) is 9.10. The lowest BCUT2D eigenvalue weighted by Gasteiger charge is -2.26. The zero-order valence-electron chi connectivity index (χ0n) is 21.3. The molecule has 0 aliphatic carbocycles. The van der Waals surface area contributed by atoms with Crippen molar-refractivity contribution >= 4 is 17.4 Å². The summed E-state index contributed by atoms with van der Waals surface area (Å²) < 4.78 is 11.1. The van der Waals surface area contributed by atoms with E-state index in [0.29, 0.717) is 31.0 Å². The monoisotopic (exact) mass is 480 g/mol. The average molecular weight is 481 g/mol. The van der Waals surface area contributed by atoms with E-state index in [1.807, 2.05) is 50.2 Å². The fourth-order valence-corrected chi connectivity index (χ4v) is 4.23. The fraction of sp³-hybridized carbons (Fsp3) is 0.429. The summed E-state index contributed by atoms with van der Waals surface area (Å²) >= 11 is 0. The van der Waals surface area contributed by atoms with Crippen LogP contribution in [0.3, 0.4) is 0 Å². The number of hydrogen-bond donors (Lipinski definition) is 1. The summed E-state index contributed by atoms with van der Waals surface area (Å²) in [5, 5.41) is 11.2. The molecule has 1 unspecified atom stereocenters. The number of unbranched alkanes of at least 4 members (excludes halogenated alkanes) is 2. The Hall–Kier alpha value is -3.32. The third kappa shape index (κ3) is 6.03. The van der Waals surface area contributed by atoms with Gasteiger partial charge in [0, 0.05) is 18.7 Å². The predicted octanol–water partition coefficient (Wildman–Crippen LogP) is 4.56. The number of carbonyl (C=O) groups excluding carboxylic acids is 2. The molecule has 1 amide bonds. The SMILES string of the molecule is CCCCCOc1ccc(C2C(=C(O)c3ccc(OC)c(C)c3)C(=O)C(=O)N2CCN(C)C)cc1. The Morgan fingerprint density at radius 2 is 1.80 bits per heavy atom. The molecule has 0 spiro atoms. The number of ketones is 1. The van der Waals surface area contributed by atoms with Crippen LogP contribution < -0.4 is 9.47 Å². The van der Waals surface area contributed by atoms with Gasteiger partial charge in [0.15, 0.2) is 0 Å². The molecule has 1 saturated heterocycles. The maximum atomic E-state index is 13.2. The Balaban J connectivity index is 2.01. The molecule has 0 saturated carbocycles. The number of likely N-dealkylation sites (tertiary alicyclic amines) is 1. The minimum absolute atomic E-state index is 0.0925. The van der Waals surface area contributed by atoms with Gasteiger partial charge < -0.3 is 24.4 Å². The van der Waals surface area contributed by atoms with Crippen molar-refractivity contribution in [1.29, 1.82) is 0 Å². The number of methoxy groups -OCH3 is 1. The van der Waals surface area contributed by atoms with Gasteiger partial charge in [-0.3, -0.25) is 9.59 Å². The predicted molar refractivity (Wildman–Crippen MR) is 137 cm³/mol. The molecule has 0 radical (unpaired) electrons. The van der Waals surface area contributed by atoms with Gasteiger partial charge in [-0.25, -0.2) is 0 Å². The van der Waals surface area contributed by atoms with E-state index in [-0.39, 0.29) is 11.3 Å². The molecule has 35 heavy (non-hydrogen) atoms. The van der Waals surface area contributed by atoms with E-state index >= 15 is 0 Å². The summed E-state index contributed by atoms with van der Waals surface area (Å²) in [4.78, 5) is 29.7. The highest BCUT2D eigenvalue weighted by Crippen LogP contribution is 2.40. The van der Waals surface area contributed by atoms with Crippen molar-refractivity contribution in [3.05, 3.63) is 64.7 Å². The number of rotatable bonds is 11. The van der Waals surface area contributed by atoms with E-state index < -0.39 is 17.7 Å². The summed E-state index contributed by atoms with van der Waals surface area (Å²) in [6.45, 7) is 5.60. The highest BCUT2D eigenvalue weighted by atomic mass is 16.5. The Labute approximate surface area is 207 Å². The van der Waals surface area contributed by atoms with Crippen LogP contribution in [0.5, 0.6) is 11.5 Å². The quantitative estimate of drug-likeness (QED) is 0.220. The number of hydrogen-bond acceptors (Lipinski definition) is 6. The summed E-state index contributed by atoms with van der Waals surface area (Å²) in [6, 6.07) is 11.9. The Morgan fingerprint density at radius 3 is 2.40 bits per heavy atom. The number of likely N-dealkylation sites (N-methyl/N-ethyl adjacent to an activating group) is 1. The first-order chi connectivity index (χ1) is 16.8. The first-order valence-electron chi connectivity index (χ1n) is 12.1. The van der Waals surface area contributed by atoms with Crippen LogP contribution in [0.25, 0.3) is 5.76 Å². The number of nitrogens with zero attached hydrogens (tertiary/aromatic N) is 2. The van der Waals surface area contributed by atoms with E-state index in [9.17, 15) is 14.7 Å². The lowest BCUT2D eigenvalue weighted by atomic mass is 9.94. The van der Waals surface area contributed by atoms with Crippen LogP contribution in [0.15, 0.2) is 48.0 Å². The molecular weight excluding hydrogens is 444 g/mol. The highest BCUT2D eigenvalue weighted by molar-refractivity contribution is 6.46. The molecule has 2 aromatic carbocycles. The van der Waals surface area contributed by atoms with Crippen molar-refractivity contribution in [3.63, 3.8) is 0 Å². The van der Waals surface area contributed by atoms with E-state index in [1.54, 1.807) is 30.2 Å². The Kier molecular flexibility index (Phi) is 8.93. The van der Waals surface area contributed by atoms with E-state index in [0.717, 1.165) is 36.1 Å². The summed E-state index contributed by atoms with van der Waals surface area (Å²) in [7, 11) is 5.40. The normalized spacial score (nSPS) is 17.3. The molecule has 188 valence electrons. The zero-order valence-corrected chi connectivity index (χ0v) is 21.3. The van der Waals surface area contributed by atoms with Crippen LogP contribution in [-0.2, 0) is 9.59 Å². The zero-order chi connectivity index (χ0) is 25.5. The number of amides is 1. The lowest BCUT2D eigenvalue weighted by Crippen LogP contribution is -2.35. The smallest absolute Gasteiger partial charge is 0.295 e. The summed E-state index contributed by atoms with van der Waals surface area (Å²) in [5.74, 6) is -0.0607. The van der Waals surface area contributed by atoms with Crippen LogP contribution in [-0.4, -0.2) is 67.5 Å². The molecule has 1 aliphatic heterocycles. The Morgan fingerprint density at radius 1 is 1.09 bits per heavy atom. The second kappa shape index (κ2) is 11.9. The lowest BCUT2D eigenvalue weighted by molar-refractivity contribution is -0.140. The molecular formula is C28H36N2O5. The van der Waals surface area contributed by atoms with Crippen molar-refractivity contribution in [3.8, 4) is 11.5 Å². The number of carbonyl (C=O) groups is 2. The summed E-state index contributed by atoms with van der Waals surface area (Å²) in [5.41, 5.74) is 2.12. The molecule has 0 bridgehead atoms. The van der Waals surface area contributed by atoms with Crippen LogP contribution >= 0.6 is 0 Å². The number of benzene rings is 2. The minimum Gasteiger partial charge on any atom is -0.507 e. The van der Waals surface area contributed by atoms with Crippen molar-refractivity contribution in [2.75, 3.05) is 40.9 Å². The molecule has 2 aromatic rings. The standard InChI is InChI=1S/C28H36N2O5/c1-6-7-8-17-35-22-12-9-20(10-13-22)25-24(27(32)28(33)30(25)16-15-29(3)4)26(31)21-11-14-23(34-5)19(2)18-21/h9-14,18,25,31H,6-8,15-17H2,1-5H3. The van der Waals surface area contributed by atoms with Gasteiger partial charge in [0.05, 0.1) is 25.3 Å². The van der Waals surface area contributed by atoms with Gasteiger partial charge in [-0.15, -0.1) is 0 Å². The number of aryl methyl sites for hydroxylation is 1. The van der Waals surface area contributed by atoms with Gasteiger partial charge in [-0.1, -0.05) is 31.9 Å². The maximum Gasteiger partial charge on any atom is 0.295 e. The van der Waals surface area contributed by atoms with E-state index in [2.05, 4.69) is 6.92 Å². The van der Waals surface area contributed by atoms with Crippen LogP contribution in [0.1, 0.15) is 48.9 Å². The van der Waals surface area contributed by atoms with Crippen molar-refractivity contribution in [1.82, 2.24) is 9.80 Å². The molecule has 1 N–H and O–H groups in total. The average Bonchev–Trinajstić information content (AvgIpc) is 3.10. The third-order valence-electron chi connectivity index (χ3n) is 6.21. The molecule has 0 aromatic heterocycles. The molecule has 1 fully saturated rings. The minimum atomic E-state index is -0.688. The van der Waals surface area contributed by atoms with Gasteiger partial charge in [0.2, 0.25) is 0 Å². The fourth-order valence-electron chi connectivity index (χ4n) is 4.23. The van der Waals surface area contributed by atoms with Crippen LogP contribution in [0.2, 0.25) is 0 Å². The van der Waals surface area contributed by atoms with Gasteiger partial charge in [0.1, 0.15) is 17.3 Å². The highest BCUT2D eigenvalue weighted by Gasteiger charge is 2.45. The molecule has 1 heterocycles. The molecule has 7 nitrogen and oxygen atoms in total. The van der Waals surface area contributed by atoms with Crippen molar-refractivity contribution in [2.24, 2.45) is 0 Å². The molecule has 7 heteroatoms. The van der Waals surface area contributed by atoms with Crippen LogP contribution in [0.4, 0.5) is 0 Å². The van der Waals surface area contributed by atoms with Gasteiger partial charge in [0.25, 0.3) is 11.7 Å². The maximum absolute atomic E-state index is 13.2. The van der Waals surface area contributed by atoms with E-state index in [4.69, 9.17) is 9.47 Å². The number of Topliss-reactive ketones (excluding diaryl/α,β-unsaturated/α-hetero) is 1. The Bertz CT molecular complexity index is 1080. The molecule has 1 atom stereocenters. The van der Waals surface area contributed by atoms with Gasteiger partial charge >= 0.3 is 0 Å². The first-order valence-corrected chi connectivity index (χ1v) is 12.1. The van der Waals surface area contributed by atoms with Crippen molar-refractivity contribution < 1.29 is 24.2 Å². The number of aliphatic hydroxyl groups is 1. The van der Waals surface area contributed by atoms with Gasteiger partial charge in [-0.05, 0) is 68.9 Å². The molecule has 3 rings (SSSR count). The number of ether oxygens (including phenoxy) is 2. The van der Waals surface area contributed by atoms with Crippen LogP contribution in [0, 0.1) is 6.92 Å². The third-order valence-corrected chi connectivity index (χ3v) is 6.21. The van der Waals surface area contributed by atoms with Gasteiger partial charge in [-0.2, -0.15) is 0 Å². The van der Waals surface area contributed by atoms with Crippen molar-refractivity contribution in [2.45, 2.75) is 39.2 Å². The number of aliphatic hydroxyl groups excluding tert-OH is 1. The molecule has 1 aliphatic rings.